The van der Waals surface area contributed by atoms with Gasteiger partial charge in [-0.05, 0) is 18.0 Å². The van der Waals surface area contributed by atoms with Gasteiger partial charge in [-0.25, -0.2) is 0 Å². The van der Waals surface area contributed by atoms with Gasteiger partial charge in [-0.15, -0.1) is 0 Å². The molecule has 0 aliphatic heterocycles. The third-order valence-corrected chi connectivity index (χ3v) is 3.37. The zero-order valence-electron chi connectivity index (χ0n) is 10.9. The Hall–Kier alpha value is -1.74. The number of ether oxygens (including phenoxy) is 2. The van der Waals surface area contributed by atoms with Crippen LogP contribution in [-0.4, -0.2) is 29.6 Å². The topological polar surface area (TPSA) is 110 Å². The van der Waals surface area contributed by atoms with Gasteiger partial charge in [0.05, 0.1) is 25.2 Å². The maximum absolute atomic E-state index is 11.1. The highest BCUT2D eigenvalue weighted by Gasteiger charge is 2.22. The van der Waals surface area contributed by atoms with Crippen molar-refractivity contribution in [1.82, 2.24) is 0 Å². The van der Waals surface area contributed by atoms with E-state index in [1.807, 2.05) is 0 Å². The summed E-state index contributed by atoms with van der Waals surface area (Å²) in [7, 11) is 2.82. The lowest BCUT2D eigenvalue weighted by atomic mass is 10.1. The highest BCUT2D eigenvalue weighted by Crippen LogP contribution is 2.36. The molecule has 0 radical (unpaired) electrons. The van der Waals surface area contributed by atoms with E-state index in [4.69, 9.17) is 15.0 Å². The number of methoxy groups -OCH3 is 2. The first-order valence-electron chi connectivity index (χ1n) is 5.57. The number of nitro groups is 1. The summed E-state index contributed by atoms with van der Waals surface area (Å²) in [5.74, 6) is 0.596. The Balaban J connectivity index is 3.18. The number of alkyl halides is 1. The zero-order valence-corrected chi connectivity index (χ0v) is 13.1. The second kappa shape index (κ2) is 7.75. The molecule has 8 nitrogen and oxygen atoms in total. The lowest BCUT2D eigenvalue weighted by molar-refractivity contribution is -0.385. The molecular weight excluding hydrogens is 379 g/mol. The fraction of sp³-hybridized carbons (Fsp3) is 0.455. The van der Waals surface area contributed by atoms with Crippen molar-refractivity contribution < 1.29 is 14.4 Å². The summed E-state index contributed by atoms with van der Waals surface area (Å²) in [4.78, 5) is 13.2. The Bertz CT molecular complexity index is 545. The van der Waals surface area contributed by atoms with Gasteiger partial charge in [0.2, 0.25) is 0 Å². The normalized spacial score (nSPS) is 11.3. The van der Waals surface area contributed by atoms with Crippen LogP contribution in [0.4, 0.5) is 5.69 Å². The Morgan fingerprint density at radius 2 is 2.20 bits per heavy atom. The van der Waals surface area contributed by atoms with E-state index in [1.54, 1.807) is 6.07 Å². The van der Waals surface area contributed by atoms with Crippen LogP contribution in [0.3, 0.4) is 0 Å². The van der Waals surface area contributed by atoms with E-state index in [0.29, 0.717) is 24.3 Å². The lowest BCUT2D eigenvalue weighted by Gasteiger charge is -2.13. The highest BCUT2D eigenvalue weighted by molar-refractivity contribution is 14.1. The first kappa shape index (κ1) is 16.3. The van der Waals surface area contributed by atoms with Crippen molar-refractivity contribution in [1.29, 1.82) is 0 Å². The summed E-state index contributed by atoms with van der Waals surface area (Å²) < 4.78 is 10.2. The molecule has 0 aliphatic rings. The van der Waals surface area contributed by atoms with Crippen LogP contribution in [0.2, 0.25) is 0 Å². The third-order valence-electron chi connectivity index (χ3n) is 2.54. The van der Waals surface area contributed by atoms with Gasteiger partial charge in [-0.1, -0.05) is 27.7 Å². The maximum atomic E-state index is 11.1. The van der Waals surface area contributed by atoms with Gasteiger partial charge in [0.1, 0.15) is 5.75 Å². The van der Waals surface area contributed by atoms with Crippen LogP contribution >= 0.6 is 22.6 Å². The van der Waals surface area contributed by atoms with Gasteiger partial charge in [0.15, 0.2) is 5.75 Å². The quantitative estimate of drug-likeness (QED) is 0.135. The molecule has 0 fully saturated rings. The minimum absolute atomic E-state index is 0.00381. The molecule has 1 rings (SSSR count). The van der Waals surface area contributed by atoms with Crippen LogP contribution in [0.1, 0.15) is 5.56 Å². The molecule has 1 unspecified atom stereocenters. The minimum Gasteiger partial charge on any atom is -0.496 e. The Morgan fingerprint density at radius 1 is 1.50 bits per heavy atom. The second-order valence-corrected chi connectivity index (χ2v) is 5.57. The van der Waals surface area contributed by atoms with Crippen LogP contribution in [-0.2, 0) is 6.42 Å². The van der Waals surface area contributed by atoms with E-state index in [1.165, 1.54) is 20.3 Å². The van der Waals surface area contributed by atoms with Crippen LogP contribution in [0.5, 0.6) is 11.5 Å². The van der Waals surface area contributed by atoms with Gasteiger partial charge >= 0.3 is 5.69 Å². The number of azide groups is 1. The van der Waals surface area contributed by atoms with E-state index >= 15 is 0 Å². The number of rotatable bonds is 7. The smallest absolute Gasteiger partial charge is 0.314 e. The summed E-state index contributed by atoms with van der Waals surface area (Å²) >= 11 is 2.12. The van der Waals surface area contributed by atoms with E-state index in [2.05, 4.69) is 32.6 Å². The average Bonchev–Trinajstić information content (AvgIpc) is 2.43. The van der Waals surface area contributed by atoms with E-state index in [0.717, 1.165) is 0 Å². The predicted molar refractivity (Wildman–Crippen MR) is 81.7 cm³/mol. The summed E-state index contributed by atoms with van der Waals surface area (Å²) in [6, 6.07) is 3.01. The largest absolute Gasteiger partial charge is 0.496 e. The van der Waals surface area contributed by atoms with Crippen molar-refractivity contribution in [3.05, 3.63) is 38.3 Å². The van der Waals surface area contributed by atoms with Crippen LogP contribution in [0, 0.1) is 10.1 Å². The molecule has 1 aromatic rings. The van der Waals surface area contributed by atoms with Crippen LogP contribution in [0.25, 0.3) is 10.4 Å². The molecule has 1 aromatic carbocycles. The average molecular weight is 392 g/mol. The molecule has 0 heterocycles. The van der Waals surface area contributed by atoms with E-state index < -0.39 is 4.92 Å². The van der Waals surface area contributed by atoms with E-state index in [-0.39, 0.29) is 15.4 Å². The van der Waals surface area contributed by atoms with Crippen molar-refractivity contribution in [3.8, 4) is 11.5 Å². The molecule has 0 spiro atoms. The van der Waals surface area contributed by atoms with Crippen molar-refractivity contribution in [2.24, 2.45) is 5.11 Å². The number of hydrogen-bond acceptors (Lipinski definition) is 5. The molecule has 108 valence electrons. The molecule has 0 saturated carbocycles. The van der Waals surface area contributed by atoms with Crippen LogP contribution in [0.15, 0.2) is 17.2 Å². The van der Waals surface area contributed by atoms with E-state index in [9.17, 15) is 10.1 Å². The molecule has 0 N–H and O–H groups in total. The Kier molecular flexibility index (Phi) is 6.32. The van der Waals surface area contributed by atoms with Gasteiger partial charge < -0.3 is 9.47 Å². The maximum Gasteiger partial charge on any atom is 0.314 e. The van der Waals surface area contributed by atoms with Crippen molar-refractivity contribution >= 4 is 28.3 Å². The summed E-state index contributed by atoms with van der Waals surface area (Å²) in [6.45, 7) is 0.297. The van der Waals surface area contributed by atoms with Crippen molar-refractivity contribution in [2.75, 3.05) is 20.8 Å². The van der Waals surface area contributed by atoms with Crippen LogP contribution < -0.4 is 9.47 Å². The molecule has 1 atom stereocenters. The van der Waals surface area contributed by atoms with Crippen molar-refractivity contribution in [2.45, 2.75) is 10.3 Å². The SMILES string of the molecule is COc1cc(CC(I)CN=[N+]=[N-])c(OC)c([N+](=O)[O-])c1. The Morgan fingerprint density at radius 3 is 2.70 bits per heavy atom. The number of benzene rings is 1. The number of nitro benzene ring substituents is 1. The molecule has 0 amide bonds. The molecule has 0 saturated heterocycles. The van der Waals surface area contributed by atoms with Gasteiger partial charge in [-0.2, -0.15) is 0 Å². The predicted octanol–water partition coefficient (Wildman–Crippen LogP) is 3.27. The summed E-state index contributed by atoms with van der Waals surface area (Å²) in [5, 5.41) is 14.6. The molecular formula is C11H13IN4O4. The first-order valence-corrected chi connectivity index (χ1v) is 6.82. The number of hydrogen-bond donors (Lipinski definition) is 0. The molecule has 9 heteroatoms. The molecule has 0 aliphatic carbocycles. The standard InChI is InChI=1S/C11H13IN4O4/c1-19-9-4-7(3-8(12)6-14-15-13)11(20-2)10(5-9)16(17)18/h4-5,8H,3,6H2,1-2H3. The fourth-order valence-corrected chi connectivity index (χ4v) is 2.36. The minimum atomic E-state index is -0.513. The number of nitrogens with zero attached hydrogens (tertiary/aromatic N) is 4. The molecule has 0 aromatic heterocycles. The van der Waals surface area contributed by atoms with Gasteiger partial charge in [0, 0.05) is 20.9 Å². The number of halogens is 1. The molecule has 0 bridgehead atoms. The first-order chi connectivity index (χ1) is 9.53. The van der Waals surface area contributed by atoms with Gasteiger partial charge in [0.25, 0.3) is 0 Å². The Labute approximate surface area is 129 Å². The second-order valence-electron chi connectivity index (χ2n) is 3.81. The zero-order chi connectivity index (χ0) is 15.1. The lowest BCUT2D eigenvalue weighted by Crippen LogP contribution is -2.08. The van der Waals surface area contributed by atoms with Gasteiger partial charge in [-0.3, -0.25) is 10.1 Å². The molecule has 20 heavy (non-hydrogen) atoms. The summed E-state index contributed by atoms with van der Waals surface area (Å²) in [5.41, 5.74) is 8.80. The highest BCUT2D eigenvalue weighted by atomic mass is 127. The third kappa shape index (κ3) is 4.14. The van der Waals surface area contributed by atoms with Crippen molar-refractivity contribution in [3.63, 3.8) is 0 Å². The monoisotopic (exact) mass is 392 g/mol. The fourth-order valence-electron chi connectivity index (χ4n) is 1.71. The summed E-state index contributed by atoms with van der Waals surface area (Å²) in [6.07, 6.45) is 0.473.